The molecular formula is C17H22N4O2. The van der Waals surface area contributed by atoms with Gasteiger partial charge < -0.3 is 19.5 Å². The lowest BCUT2D eigenvalue weighted by molar-refractivity contribution is -0.0133. The van der Waals surface area contributed by atoms with E-state index in [0.717, 1.165) is 12.2 Å². The van der Waals surface area contributed by atoms with Crippen molar-refractivity contribution in [1.29, 1.82) is 0 Å². The second-order valence-corrected chi connectivity index (χ2v) is 5.74. The maximum Gasteiger partial charge on any atom is 0.317 e. The SMILES string of the molecule is Cn1ccnc1CNC(=O)N1CCOC(Cc2ccccc2)C1. The number of nitrogens with zero attached hydrogens (tertiary/aromatic N) is 3. The normalized spacial score (nSPS) is 18.0. The fourth-order valence-electron chi connectivity index (χ4n) is 2.74. The van der Waals surface area contributed by atoms with Crippen LogP contribution in [-0.2, 0) is 24.8 Å². The Morgan fingerprint density at radius 1 is 1.39 bits per heavy atom. The second kappa shape index (κ2) is 7.28. The molecule has 2 aromatic rings. The van der Waals surface area contributed by atoms with Crippen LogP contribution >= 0.6 is 0 Å². The van der Waals surface area contributed by atoms with Crippen molar-refractivity contribution in [3.63, 3.8) is 0 Å². The second-order valence-electron chi connectivity index (χ2n) is 5.74. The van der Waals surface area contributed by atoms with Crippen LogP contribution in [0, 0.1) is 0 Å². The van der Waals surface area contributed by atoms with Crippen molar-refractivity contribution in [2.24, 2.45) is 7.05 Å². The van der Waals surface area contributed by atoms with Gasteiger partial charge in [0.05, 0.1) is 19.3 Å². The van der Waals surface area contributed by atoms with Gasteiger partial charge in [0.1, 0.15) is 5.82 Å². The van der Waals surface area contributed by atoms with E-state index in [9.17, 15) is 4.79 Å². The molecule has 23 heavy (non-hydrogen) atoms. The summed E-state index contributed by atoms with van der Waals surface area (Å²) in [5, 5.41) is 2.93. The van der Waals surface area contributed by atoms with E-state index in [1.165, 1.54) is 5.56 Å². The molecule has 6 nitrogen and oxygen atoms in total. The minimum atomic E-state index is -0.0608. The average Bonchev–Trinajstić information content (AvgIpc) is 2.99. The molecule has 1 aromatic heterocycles. The van der Waals surface area contributed by atoms with Crippen LogP contribution in [-0.4, -0.2) is 46.3 Å². The Morgan fingerprint density at radius 3 is 2.96 bits per heavy atom. The molecule has 0 saturated carbocycles. The first-order valence-corrected chi connectivity index (χ1v) is 7.87. The monoisotopic (exact) mass is 314 g/mol. The summed E-state index contributed by atoms with van der Waals surface area (Å²) in [6.45, 7) is 2.25. The Kier molecular flexibility index (Phi) is 4.92. The van der Waals surface area contributed by atoms with Crippen molar-refractivity contribution < 1.29 is 9.53 Å². The van der Waals surface area contributed by atoms with Crippen molar-refractivity contribution in [3.05, 3.63) is 54.1 Å². The summed E-state index contributed by atoms with van der Waals surface area (Å²) in [7, 11) is 1.92. The van der Waals surface area contributed by atoms with Crippen LogP contribution < -0.4 is 5.32 Å². The number of benzene rings is 1. The molecule has 2 amide bonds. The molecule has 1 aliphatic rings. The fourth-order valence-corrected chi connectivity index (χ4v) is 2.74. The van der Waals surface area contributed by atoms with E-state index < -0.39 is 0 Å². The fraction of sp³-hybridized carbons (Fsp3) is 0.412. The molecular weight excluding hydrogens is 292 g/mol. The Labute approximate surface area is 136 Å². The first kappa shape index (κ1) is 15.6. The summed E-state index contributed by atoms with van der Waals surface area (Å²) >= 11 is 0. The standard InChI is InChI=1S/C17H22N4O2/c1-20-8-7-18-16(20)12-19-17(22)21-9-10-23-15(13-21)11-14-5-3-2-4-6-14/h2-8,15H,9-13H2,1H3,(H,19,22). The zero-order valence-corrected chi connectivity index (χ0v) is 13.3. The van der Waals surface area contributed by atoms with E-state index in [1.807, 2.05) is 40.9 Å². The molecule has 1 atom stereocenters. The van der Waals surface area contributed by atoms with Crippen molar-refractivity contribution in [2.75, 3.05) is 19.7 Å². The first-order chi connectivity index (χ1) is 11.2. The number of carbonyl (C=O) groups excluding carboxylic acids is 1. The maximum atomic E-state index is 12.3. The topological polar surface area (TPSA) is 59.4 Å². The van der Waals surface area contributed by atoms with E-state index in [-0.39, 0.29) is 12.1 Å². The molecule has 0 bridgehead atoms. The Balaban J connectivity index is 1.51. The average molecular weight is 314 g/mol. The quantitative estimate of drug-likeness (QED) is 0.932. The van der Waals surface area contributed by atoms with Crippen LogP contribution in [0.2, 0.25) is 0 Å². The van der Waals surface area contributed by atoms with Crippen LogP contribution in [0.3, 0.4) is 0 Å². The maximum absolute atomic E-state index is 12.3. The number of imidazole rings is 1. The Hall–Kier alpha value is -2.34. The number of ether oxygens (including phenoxy) is 1. The lowest BCUT2D eigenvalue weighted by Crippen LogP contribution is -2.50. The highest BCUT2D eigenvalue weighted by Crippen LogP contribution is 2.12. The van der Waals surface area contributed by atoms with Crippen LogP contribution in [0.25, 0.3) is 0 Å². The smallest absolute Gasteiger partial charge is 0.317 e. The highest BCUT2D eigenvalue weighted by atomic mass is 16.5. The van der Waals surface area contributed by atoms with Crippen molar-refractivity contribution >= 4 is 6.03 Å². The molecule has 3 rings (SSSR count). The molecule has 1 aliphatic heterocycles. The molecule has 0 radical (unpaired) electrons. The molecule has 6 heteroatoms. The van der Waals surface area contributed by atoms with E-state index in [0.29, 0.717) is 26.2 Å². The number of morpholine rings is 1. The van der Waals surface area contributed by atoms with Gasteiger partial charge in [0.15, 0.2) is 0 Å². The van der Waals surface area contributed by atoms with Crippen LogP contribution in [0.1, 0.15) is 11.4 Å². The van der Waals surface area contributed by atoms with Gasteiger partial charge in [0, 0.05) is 39.0 Å². The zero-order valence-electron chi connectivity index (χ0n) is 13.3. The van der Waals surface area contributed by atoms with Crippen LogP contribution in [0.15, 0.2) is 42.7 Å². The third-order valence-electron chi connectivity index (χ3n) is 4.05. The summed E-state index contributed by atoms with van der Waals surface area (Å²) in [6, 6.07) is 10.2. The summed E-state index contributed by atoms with van der Waals surface area (Å²) in [5.74, 6) is 0.840. The number of carbonyl (C=O) groups is 1. The summed E-state index contributed by atoms with van der Waals surface area (Å²) < 4.78 is 7.69. The molecule has 122 valence electrons. The van der Waals surface area contributed by atoms with E-state index in [1.54, 1.807) is 6.20 Å². The number of nitrogens with one attached hydrogen (secondary N) is 1. The summed E-state index contributed by atoms with van der Waals surface area (Å²) in [5.41, 5.74) is 1.23. The van der Waals surface area contributed by atoms with Crippen molar-refractivity contribution in [1.82, 2.24) is 19.8 Å². The van der Waals surface area contributed by atoms with Gasteiger partial charge >= 0.3 is 6.03 Å². The van der Waals surface area contributed by atoms with Gasteiger partial charge in [-0.15, -0.1) is 0 Å². The molecule has 0 spiro atoms. The zero-order chi connectivity index (χ0) is 16.1. The summed E-state index contributed by atoms with van der Waals surface area (Å²) in [4.78, 5) is 18.4. The van der Waals surface area contributed by atoms with Gasteiger partial charge in [0.2, 0.25) is 0 Å². The predicted molar refractivity (Wildman–Crippen MR) is 86.9 cm³/mol. The Morgan fingerprint density at radius 2 is 2.22 bits per heavy atom. The van der Waals surface area contributed by atoms with Crippen molar-refractivity contribution in [2.45, 2.75) is 19.1 Å². The van der Waals surface area contributed by atoms with Gasteiger partial charge in [-0.1, -0.05) is 30.3 Å². The van der Waals surface area contributed by atoms with Crippen LogP contribution in [0.4, 0.5) is 4.79 Å². The molecule has 2 heterocycles. The highest BCUT2D eigenvalue weighted by molar-refractivity contribution is 5.74. The van der Waals surface area contributed by atoms with Crippen LogP contribution in [0.5, 0.6) is 0 Å². The largest absolute Gasteiger partial charge is 0.374 e. The summed E-state index contributed by atoms with van der Waals surface area (Å²) in [6.07, 6.45) is 4.47. The van der Waals surface area contributed by atoms with Gasteiger partial charge in [-0.25, -0.2) is 9.78 Å². The van der Waals surface area contributed by atoms with E-state index in [2.05, 4.69) is 22.4 Å². The number of rotatable bonds is 4. The lowest BCUT2D eigenvalue weighted by Gasteiger charge is -2.33. The molecule has 1 N–H and O–H groups in total. The molecule has 0 aliphatic carbocycles. The van der Waals surface area contributed by atoms with Gasteiger partial charge in [-0.2, -0.15) is 0 Å². The third kappa shape index (κ3) is 4.10. The number of aryl methyl sites for hydroxylation is 1. The molecule has 1 unspecified atom stereocenters. The van der Waals surface area contributed by atoms with Gasteiger partial charge in [0.25, 0.3) is 0 Å². The number of aromatic nitrogens is 2. The number of hydrogen-bond donors (Lipinski definition) is 1. The predicted octanol–water partition coefficient (Wildman–Crippen LogP) is 1.57. The van der Waals surface area contributed by atoms with Gasteiger partial charge in [-0.05, 0) is 5.56 Å². The van der Waals surface area contributed by atoms with Gasteiger partial charge in [-0.3, -0.25) is 0 Å². The van der Waals surface area contributed by atoms with E-state index >= 15 is 0 Å². The number of urea groups is 1. The van der Waals surface area contributed by atoms with Crippen molar-refractivity contribution in [3.8, 4) is 0 Å². The number of hydrogen-bond acceptors (Lipinski definition) is 3. The lowest BCUT2D eigenvalue weighted by atomic mass is 10.1. The molecule has 1 fully saturated rings. The Bertz CT molecular complexity index is 641. The third-order valence-corrected chi connectivity index (χ3v) is 4.05. The minimum absolute atomic E-state index is 0.0464. The first-order valence-electron chi connectivity index (χ1n) is 7.87. The molecule has 1 saturated heterocycles. The van der Waals surface area contributed by atoms with E-state index in [4.69, 9.17) is 4.74 Å². The minimum Gasteiger partial charge on any atom is -0.374 e. The molecule has 1 aromatic carbocycles. The number of amides is 2. The highest BCUT2D eigenvalue weighted by Gasteiger charge is 2.24.